The number of nitrogens with two attached hydrogens (primary N) is 1. The van der Waals surface area contributed by atoms with E-state index in [2.05, 4.69) is 31.2 Å². The monoisotopic (exact) mass is 605 g/mol. The van der Waals surface area contributed by atoms with Gasteiger partial charge in [0.25, 0.3) is 17.7 Å². The molecule has 3 rings (SSSR count). The summed E-state index contributed by atoms with van der Waals surface area (Å²) in [6.07, 6.45) is 9.64. The van der Waals surface area contributed by atoms with Crippen molar-refractivity contribution in [3.8, 4) is 5.75 Å². The lowest BCUT2D eigenvalue weighted by molar-refractivity contribution is -0.137. The molecule has 13 nitrogen and oxygen atoms in total. The first-order valence-electron chi connectivity index (χ1n) is 14.4. The number of hydrogen-bond donors (Lipinski definition) is 6. The van der Waals surface area contributed by atoms with Crippen molar-refractivity contribution >= 4 is 46.7 Å². The molecule has 13 heteroatoms. The van der Waals surface area contributed by atoms with Crippen LogP contribution < -0.4 is 31.7 Å². The fourth-order valence-electron chi connectivity index (χ4n) is 4.46. The van der Waals surface area contributed by atoms with Crippen LogP contribution in [0.5, 0.6) is 5.75 Å². The van der Waals surface area contributed by atoms with Gasteiger partial charge in [-0.1, -0.05) is 38.2 Å². The number of para-hydroxylation sites is 1. The van der Waals surface area contributed by atoms with Crippen LogP contribution in [0, 0.1) is 0 Å². The van der Waals surface area contributed by atoms with Gasteiger partial charge in [0.2, 0.25) is 0 Å². The van der Waals surface area contributed by atoms with Crippen molar-refractivity contribution in [1.82, 2.24) is 20.6 Å². The van der Waals surface area contributed by atoms with Crippen molar-refractivity contribution in [3.05, 3.63) is 65.5 Å². The fraction of sp³-hybridized carbons (Fsp3) is 0.355. The molecule has 0 aliphatic rings. The summed E-state index contributed by atoms with van der Waals surface area (Å²) in [5, 5.41) is 20.3. The number of benzene rings is 1. The molecule has 0 fully saturated rings. The second-order valence-electron chi connectivity index (χ2n) is 10.0. The highest BCUT2D eigenvalue weighted by molar-refractivity contribution is 6.01. The predicted molar refractivity (Wildman–Crippen MR) is 167 cm³/mol. The number of carboxylic acid groups (broad SMARTS) is 1. The number of pyridine rings is 2. The van der Waals surface area contributed by atoms with Crippen LogP contribution in [-0.4, -0.2) is 59.5 Å². The number of amides is 3. The molecule has 3 amide bonds. The van der Waals surface area contributed by atoms with E-state index in [1.165, 1.54) is 26.6 Å². The van der Waals surface area contributed by atoms with Gasteiger partial charge in [-0.05, 0) is 37.1 Å². The van der Waals surface area contributed by atoms with Crippen molar-refractivity contribution in [3.63, 3.8) is 0 Å². The Labute approximate surface area is 256 Å². The van der Waals surface area contributed by atoms with E-state index in [1.807, 2.05) is 0 Å². The van der Waals surface area contributed by atoms with Gasteiger partial charge in [0.05, 0.1) is 35.2 Å². The van der Waals surface area contributed by atoms with Crippen molar-refractivity contribution in [2.75, 3.05) is 31.3 Å². The molecular formula is C31H39N7O6. The maximum atomic E-state index is 12.5. The van der Waals surface area contributed by atoms with Gasteiger partial charge in [-0.25, -0.2) is 9.97 Å². The molecule has 0 radical (unpaired) electrons. The normalized spacial score (nSPS) is 10.5. The molecule has 0 unspecified atom stereocenters. The van der Waals surface area contributed by atoms with E-state index in [-0.39, 0.29) is 29.5 Å². The highest BCUT2D eigenvalue weighted by Crippen LogP contribution is 2.33. The van der Waals surface area contributed by atoms with Crippen LogP contribution in [0.25, 0.3) is 0 Å². The molecule has 1 aromatic carbocycles. The number of unbranched alkanes of at least 4 members (excludes halogenated alkanes) is 6. The van der Waals surface area contributed by atoms with Crippen LogP contribution in [0.2, 0.25) is 0 Å². The standard InChI is InChI=1S/C31H39N7O6/c1-33-31(43)21-11-10-12-23(28(21)44-2)37-24-17-26(36-19-22(24)29(32)41)38-25-15-14-20(18-35-25)30(42)34-16-9-7-5-3-4-6-8-13-27(39)40/h10-12,14-15,17-19H,3-9,13,16H2,1-2H3,(H2,32,41)(H,33,43)(H,34,42)(H,39,40)(H2,35,36,37,38). The number of hydrogen-bond acceptors (Lipinski definition) is 9. The van der Waals surface area contributed by atoms with Crippen LogP contribution in [0.1, 0.15) is 82.4 Å². The molecule has 0 aliphatic carbocycles. The number of ether oxygens (including phenoxy) is 1. The maximum Gasteiger partial charge on any atom is 0.303 e. The average Bonchev–Trinajstić information content (AvgIpc) is 3.01. The second kappa shape index (κ2) is 17.0. The lowest BCUT2D eigenvalue weighted by atomic mass is 10.1. The molecule has 0 saturated heterocycles. The Kier molecular flexibility index (Phi) is 12.9. The summed E-state index contributed by atoms with van der Waals surface area (Å²) in [4.78, 5) is 56.0. The minimum absolute atomic E-state index is 0.124. The van der Waals surface area contributed by atoms with E-state index >= 15 is 0 Å². The molecule has 7 N–H and O–H groups in total. The third kappa shape index (κ3) is 9.96. The number of carbonyl (C=O) groups excluding carboxylic acids is 3. The summed E-state index contributed by atoms with van der Waals surface area (Å²) in [5.41, 5.74) is 7.19. The van der Waals surface area contributed by atoms with Crippen LogP contribution in [0.3, 0.4) is 0 Å². The Morgan fingerprint density at radius 3 is 2.16 bits per heavy atom. The molecule has 0 aliphatic heterocycles. The van der Waals surface area contributed by atoms with Gasteiger partial charge in [0.1, 0.15) is 11.6 Å². The number of nitrogens with zero attached hydrogens (tertiary/aromatic N) is 2. The predicted octanol–water partition coefficient (Wildman–Crippen LogP) is 4.37. The molecule has 3 aromatic rings. The molecule has 0 bridgehead atoms. The summed E-state index contributed by atoms with van der Waals surface area (Å²) in [7, 11) is 2.95. The number of nitrogens with one attached hydrogen (secondary N) is 4. The van der Waals surface area contributed by atoms with Gasteiger partial charge in [-0.15, -0.1) is 0 Å². The first-order valence-corrected chi connectivity index (χ1v) is 14.4. The number of anilines is 4. The van der Waals surface area contributed by atoms with Crippen molar-refractivity contribution in [2.24, 2.45) is 5.73 Å². The Balaban J connectivity index is 1.56. The number of carbonyl (C=O) groups is 4. The summed E-state index contributed by atoms with van der Waals surface area (Å²) in [5.74, 6) is -0.938. The van der Waals surface area contributed by atoms with Crippen LogP contribution in [0.4, 0.5) is 23.0 Å². The minimum Gasteiger partial charge on any atom is -0.494 e. The zero-order valence-electron chi connectivity index (χ0n) is 24.9. The topological polar surface area (TPSA) is 198 Å². The largest absolute Gasteiger partial charge is 0.494 e. The van der Waals surface area contributed by atoms with Crippen molar-refractivity contribution < 1.29 is 29.0 Å². The highest BCUT2D eigenvalue weighted by atomic mass is 16.5. The Morgan fingerprint density at radius 2 is 1.52 bits per heavy atom. The van der Waals surface area contributed by atoms with E-state index in [0.717, 1.165) is 44.9 Å². The first kappa shape index (κ1) is 33.3. The summed E-state index contributed by atoms with van der Waals surface area (Å²) in [6, 6.07) is 9.86. The minimum atomic E-state index is -0.747. The second-order valence-corrected chi connectivity index (χ2v) is 10.0. The molecular weight excluding hydrogens is 566 g/mol. The van der Waals surface area contributed by atoms with Crippen LogP contribution in [0.15, 0.2) is 48.8 Å². The Morgan fingerprint density at radius 1 is 0.818 bits per heavy atom. The SMILES string of the molecule is CNC(=O)c1cccc(Nc2cc(Nc3ccc(C(=O)NCCCCCCCCCC(=O)O)cn3)ncc2C(N)=O)c1OC. The third-order valence-electron chi connectivity index (χ3n) is 6.76. The molecule has 0 atom stereocenters. The number of primary amides is 1. The molecule has 234 valence electrons. The molecule has 2 heterocycles. The lowest BCUT2D eigenvalue weighted by Gasteiger charge is -2.16. The Hall–Kier alpha value is -5.20. The molecule has 2 aromatic heterocycles. The molecule has 44 heavy (non-hydrogen) atoms. The van der Waals surface area contributed by atoms with Gasteiger partial charge >= 0.3 is 5.97 Å². The van der Waals surface area contributed by atoms with E-state index in [4.69, 9.17) is 15.6 Å². The number of methoxy groups -OCH3 is 1. The van der Waals surface area contributed by atoms with E-state index in [9.17, 15) is 19.2 Å². The lowest BCUT2D eigenvalue weighted by Crippen LogP contribution is -2.24. The van der Waals surface area contributed by atoms with Gasteiger partial charge in [0.15, 0.2) is 5.75 Å². The van der Waals surface area contributed by atoms with Crippen LogP contribution >= 0.6 is 0 Å². The smallest absolute Gasteiger partial charge is 0.303 e. The van der Waals surface area contributed by atoms with Crippen LogP contribution in [-0.2, 0) is 4.79 Å². The number of carboxylic acids is 1. The zero-order valence-corrected chi connectivity index (χ0v) is 24.9. The van der Waals surface area contributed by atoms with Gasteiger partial charge in [0, 0.05) is 38.5 Å². The molecule has 0 spiro atoms. The van der Waals surface area contributed by atoms with Gasteiger partial charge in [-0.2, -0.15) is 0 Å². The number of aromatic nitrogens is 2. The van der Waals surface area contributed by atoms with E-state index in [0.29, 0.717) is 40.7 Å². The maximum absolute atomic E-state index is 12.5. The van der Waals surface area contributed by atoms with E-state index in [1.54, 1.807) is 36.4 Å². The van der Waals surface area contributed by atoms with Gasteiger partial charge in [-0.3, -0.25) is 19.2 Å². The first-order chi connectivity index (χ1) is 21.2. The quantitative estimate of drug-likeness (QED) is 0.113. The average molecular weight is 606 g/mol. The summed E-state index contributed by atoms with van der Waals surface area (Å²) >= 11 is 0. The van der Waals surface area contributed by atoms with Gasteiger partial charge < -0.3 is 36.8 Å². The highest BCUT2D eigenvalue weighted by Gasteiger charge is 2.18. The number of rotatable bonds is 18. The third-order valence-corrected chi connectivity index (χ3v) is 6.76. The zero-order chi connectivity index (χ0) is 31.9. The fourth-order valence-corrected chi connectivity index (χ4v) is 4.46. The summed E-state index contributed by atoms with van der Waals surface area (Å²) in [6.45, 7) is 0.556. The number of aliphatic carboxylic acids is 1. The van der Waals surface area contributed by atoms with Crippen molar-refractivity contribution in [2.45, 2.75) is 51.4 Å². The summed E-state index contributed by atoms with van der Waals surface area (Å²) < 4.78 is 5.46. The molecule has 0 saturated carbocycles. The van der Waals surface area contributed by atoms with Crippen molar-refractivity contribution in [1.29, 1.82) is 0 Å². The Bertz CT molecular complexity index is 1450. The van der Waals surface area contributed by atoms with E-state index < -0.39 is 11.9 Å².